The predicted molar refractivity (Wildman–Crippen MR) is 84.8 cm³/mol. The highest BCUT2D eigenvalue weighted by atomic mass is 35.5. The lowest BCUT2D eigenvalue weighted by Crippen LogP contribution is -2.09. The van der Waals surface area contributed by atoms with E-state index < -0.39 is 0 Å². The van der Waals surface area contributed by atoms with Gasteiger partial charge < -0.3 is 4.98 Å². The molecule has 0 radical (unpaired) electrons. The molecule has 0 saturated heterocycles. The van der Waals surface area contributed by atoms with Crippen LogP contribution in [-0.2, 0) is 6.42 Å². The molecule has 1 N–H and O–H groups in total. The Balaban J connectivity index is 2.01. The number of hydrogen-bond donors (Lipinski definition) is 1. The second-order valence-corrected chi connectivity index (χ2v) is 5.69. The van der Waals surface area contributed by atoms with E-state index in [0.717, 1.165) is 17.6 Å². The van der Waals surface area contributed by atoms with E-state index in [2.05, 4.69) is 41.2 Å². The second kappa shape index (κ2) is 5.38. The first kappa shape index (κ1) is 13.3. The quantitative estimate of drug-likeness (QED) is 0.720. The van der Waals surface area contributed by atoms with Gasteiger partial charge in [0.2, 0.25) is 0 Å². The first-order valence-electron chi connectivity index (χ1n) is 6.45. The van der Waals surface area contributed by atoms with Crippen LogP contribution in [0.3, 0.4) is 0 Å². The van der Waals surface area contributed by atoms with Crippen molar-refractivity contribution in [1.82, 2.24) is 14.5 Å². The minimum Gasteiger partial charge on any atom is -0.329 e. The number of benzene rings is 1. The lowest BCUT2D eigenvalue weighted by molar-refractivity contribution is 0.549. The first-order chi connectivity index (χ1) is 9.65. The number of nitrogens with one attached hydrogen (secondary N) is 1. The fourth-order valence-electron chi connectivity index (χ4n) is 2.44. The molecule has 102 valence electrons. The highest BCUT2D eigenvalue weighted by molar-refractivity contribution is 7.71. The molecule has 2 aromatic heterocycles. The van der Waals surface area contributed by atoms with E-state index in [9.17, 15) is 0 Å². The first-order valence-corrected chi connectivity index (χ1v) is 7.23. The maximum atomic E-state index is 5.96. The molecular weight excluding hydrogens is 290 g/mol. The summed E-state index contributed by atoms with van der Waals surface area (Å²) < 4.78 is 2.73. The van der Waals surface area contributed by atoms with Gasteiger partial charge in [-0.15, -0.1) is 0 Å². The third-order valence-electron chi connectivity index (χ3n) is 3.34. The summed E-state index contributed by atoms with van der Waals surface area (Å²) in [6.07, 6.45) is 2.56. The van der Waals surface area contributed by atoms with Gasteiger partial charge in [-0.25, -0.2) is 4.98 Å². The van der Waals surface area contributed by atoms with Crippen molar-refractivity contribution < 1.29 is 0 Å². The normalized spacial score (nSPS) is 12.7. The molecule has 0 amide bonds. The van der Waals surface area contributed by atoms with Gasteiger partial charge in [0, 0.05) is 12.2 Å². The van der Waals surface area contributed by atoms with Crippen LogP contribution in [0.4, 0.5) is 0 Å². The minimum atomic E-state index is 0.229. The van der Waals surface area contributed by atoms with Crippen LogP contribution in [0.1, 0.15) is 18.5 Å². The monoisotopic (exact) mass is 303 g/mol. The Morgan fingerprint density at radius 3 is 2.85 bits per heavy atom. The molecule has 0 fully saturated rings. The molecule has 3 nitrogen and oxygen atoms in total. The van der Waals surface area contributed by atoms with Gasteiger partial charge in [0.1, 0.15) is 0 Å². The Hall–Kier alpha value is -1.65. The van der Waals surface area contributed by atoms with Crippen LogP contribution in [-0.4, -0.2) is 14.5 Å². The highest BCUT2D eigenvalue weighted by Gasteiger charge is 2.13. The van der Waals surface area contributed by atoms with Crippen molar-refractivity contribution >= 4 is 35.0 Å². The number of rotatable bonds is 3. The van der Waals surface area contributed by atoms with E-state index in [-0.39, 0.29) is 6.04 Å². The van der Waals surface area contributed by atoms with Crippen molar-refractivity contribution in [3.63, 3.8) is 0 Å². The molecule has 2 heterocycles. The fourth-order valence-corrected chi connectivity index (χ4v) is 2.98. The Morgan fingerprint density at radius 2 is 2.10 bits per heavy atom. The third kappa shape index (κ3) is 2.49. The van der Waals surface area contributed by atoms with E-state index in [1.165, 1.54) is 5.56 Å². The zero-order chi connectivity index (χ0) is 14.1. The van der Waals surface area contributed by atoms with E-state index in [1.54, 1.807) is 6.20 Å². The summed E-state index contributed by atoms with van der Waals surface area (Å²) in [5.74, 6) is 0. The molecule has 1 aromatic carbocycles. The molecule has 0 aliphatic carbocycles. The summed E-state index contributed by atoms with van der Waals surface area (Å²) in [7, 11) is 0. The van der Waals surface area contributed by atoms with Crippen LogP contribution in [0, 0.1) is 4.77 Å². The molecule has 3 aromatic rings. The number of aromatic nitrogens is 3. The zero-order valence-corrected chi connectivity index (χ0v) is 12.6. The average Bonchev–Trinajstić information content (AvgIpc) is 2.74. The molecule has 1 unspecified atom stereocenters. The molecule has 1 atom stereocenters. The Bertz CT molecular complexity index is 792. The Kier molecular flexibility index (Phi) is 3.59. The minimum absolute atomic E-state index is 0.229. The lowest BCUT2D eigenvalue weighted by atomic mass is 10.1. The second-order valence-electron chi connectivity index (χ2n) is 4.86. The van der Waals surface area contributed by atoms with Crippen molar-refractivity contribution in [2.45, 2.75) is 19.4 Å². The van der Waals surface area contributed by atoms with Crippen molar-refractivity contribution in [3.05, 3.63) is 58.0 Å². The lowest BCUT2D eigenvalue weighted by Gasteiger charge is -2.14. The number of imidazole rings is 1. The van der Waals surface area contributed by atoms with Crippen LogP contribution >= 0.6 is 23.8 Å². The number of H-pyrrole nitrogens is 1. The highest BCUT2D eigenvalue weighted by Crippen LogP contribution is 2.22. The number of halogens is 1. The van der Waals surface area contributed by atoms with Crippen LogP contribution < -0.4 is 0 Å². The molecular formula is C15H14ClN3S. The van der Waals surface area contributed by atoms with Crippen LogP contribution in [0.2, 0.25) is 5.02 Å². The smallest absolute Gasteiger partial charge is 0.179 e. The molecule has 3 rings (SSSR count). The predicted octanol–water partition coefficient (Wildman–Crippen LogP) is 4.55. The van der Waals surface area contributed by atoms with Gasteiger partial charge in [-0.2, -0.15) is 0 Å². The van der Waals surface area contributed by atoms with E-state index in [1.807, 2.05) is 16.7 Å². The average molecular weight is 304 g/mol. The van der Waals surface area contributed by atoms with Gasteiger partial charge in [-0.1, -0.05) is 41.9 Å². The summed E-state index contributed by atoms with van der Waals surface area (Å²) >= 11 is 11.4. The zero-order valence-electron chi connectivity index (χ0n) is 11.0. The molecule has 5 heteroatoms. The van der Waals surface area contributed by atoms with Crippen molar-refractivity contribution in [1.29, 1.82) is 0 Å². The molecule has 0 spiro atoms. The number of hydrogen-bond acceptors (Lipinski definition) is 2. The van der Waals surface area contributed by atoms with Gasteiger partial charge in [0.15, 0.2) is 10.4 Å². The van der Waals surface area contributed by atoms with Crippen molar-refractivity contribution in [3.8, 4) is 0 Å². The maximum Gasteiger partial charge on any atom is 0.179 e. The van der Waals surface area contributed by atoms with Gasteiger partial charge >= 0.3 is 0 Å². The molecule has 0 aliphatic rings. The molecule has 0 saturated carbocycles. The van der Waals surface area contributed by atoms with Crippen molar-refractivity contribution in [2.75, 3.05) is 0 Å². The van der Waals surface area contributed by atoms with Gasteiger partial charge in [0.05, 0.1) is 10.5 Å². The van der Waals surface area contributed by atoms with E-state index >= 15 is 0 Å². The topological polar surface area (TPSA) is 33.6 Å². The largest absolute Gasteiger partial charge is 0.329 e. The Labute approximate surface area is 127 Å². The SMILES string of the molecule is CC(Cc1ccccc1)n1c(=S)[nH]c2cc(Cl)cnc21. The molecule has 0 aliphatic heterocycles. The molecule has 20 heavy (non-hydrogen) atoms. The number of aromatic amines is 1. The van der Waals surface area contributed by atoms with E-state index in [0.29, 0.717) is 9.79 Å². The van der Waals surface area contributed by atoms with Gasteiger partial charge in [-0.3, -0.25) is 4.57 Å². The summed E-state index contributed by atoms with van der Waals surface area (Å²) in [5.41, 5.74) is 3.01. The van der Waals surface area contributed by atoms with Gasteiger partial charge in [-0.05, 0) is 37.2 Å². The number of fused-ring (bicyclic) bond motifs is 1. The van der Waals surface area contributed by atoms with Crippen LogP contribution in [0.5, 0.6) is 0 Å². The van der Waals surface area contributed by atoms with Gasteiger partial charge in [0.25, 0.3) is 0 Å². The summed E-state index contributed by atoms with van der Waals surface area (Å²) in [4.78, 5) is 7.56. The standard InChI is InChI=1S/C15H14ClN3S/c1-10(7-11-5-3-2-4-6-11)19-14-13(18-15(19)20)8-12(16)9-17-14/h2-6,8-10H,7H2,1H3,(H,18,20). The van der Waals surface area contributed by atoms with Crippen LogP contribution in [0.15, 0.2) is 42.6 Å². The summed E-state index contributed by atoms with van der Waals surface area (Å²) in [5, 5.41) is 0.608. The number of pyridine rings is 1. The summed E-state index contributed by atoms with van der Waals surface area (Å²) in [6, 6.07) is 12.5. The maximum absolute atomic E-state index is 5.96. The van der Waals surface area contributed by atoms with Crippen molar-refractivity contribution in [2.24, 2.45) is 0 Å². The number of nitrogens with zero attached hydrogens (tertiary/aromatic N) is 2. The summed E-state index contributed by atoms with van der Waals surface area (Å²) in [6.45, 7) is 2.15. The molecule has 0 bridgehead atoms. The van der Waals surface area contributed by atoms with Crippen LogP contribution in [0.25, 0.3) is 11.2 Å². The third-order valence-corrected chi connectivity index (χ3v) is 3.84. The Morgan fingerprint density at radius 1 is 1.35 bits per heavy atom. The van der Waals surface area contributed by atoms with E-state index in [4.69, 9.17) is 23.8 Å². The fraction of sp³-hybridized carbons (Fsp3) is 0.200.